The largest absolute Gasteiger partial charge is 0.463 e. The number of alkyl halides is 1. The summed E-state index contributed by atoms with van der Waals surface area (Å²) in [7, 11) is 0. The number of esters is 1. The summed E-state index contributed by atoms with van der Waals surface area (Å²) in [5.74, 6) is 3.92. The van der Waals surface area contributed by atoms with Crippen LogP contribution in [0.15, 0.2) is 0 Å². The summed E-state index contributed by atoms with van der Waals surface area (Å²) in [4.78, 5) is 25.0. The minimum Gasteiger partial charge on any atom is -0.463 e. The van der Waals surface area contributed by atoms with Gasteiger partial charge in [-0.15, -0.1) is 0 Å². The minimum atomic E-state index is -0.126. The number of hydrogen-bond donors (Lipinski definition) is 0. The summed E-state index contributed by atoms with van der Waals surface area (Å²) in [5.41, 5.74) is 0.385. The first-order chi connectivity index (χ1) is 13.4. The molecule has 4 heteroatoms. The lowest BCUT2D eigenvalue weighted by atomic mass is 9.43. The zero-order valence-corrected chi connectivity index (χ0v) is 19.0. The van der Waals surface area contributed by atoms with Gasteiger partial charge in [-0.05, 0) is 106 Å². The van der Waals surface area contributed by atoms with E-state index < -0.39 is 0 Å². The monoisotopic (exact) mass is 450 g/mol. The molecule has 5 saturated carbocycles. The van der Waals surface area contributed by atoms with Crippen LogP contribution in [-0.4, -0.2) is 22.7 Å². The Morgan fingerprint density at radius 2 is 1.71 bits per heavy atom. The van der Waals surface area contributed by atoms with Crippen molar-refractivity contribution >= 4 is 27.7 Å². The van der Waals surface area contributed by atoms with Crippen LogP contribution in [0.1, 0.15) is 84.5 Å². The summed E-state index contributed by atoms with van der Waals surface area (Å²) < 4.78 is 5.60. The molecule has 0 heterocycles. The topological polar surface area (TPSA) is 43.4 Å². The fourth-order valence-electron chi connectivity index (χ4n) is 9.03. The van der Waals surface area contributed by atoms with E-state index in [-0.39, 0.29) is 22.3 Å². The quantitative estimate of drug-likeness (QED) is 0.380. The van der Waals surface area contributed by atoms with E-state index in [9.17, 15) is 9.59 Å². The van der Waals surface area contributed by atoms with Crippen molar-refractivity contribution in [1.82, 2.24) is 0 Å². The SMILES string of the molecule is CC(=O)O[C@@H]1CC[C@@]2(C)[C@@H](CC[C@@H]3[C@@H]2CC[C@]24C(=O)[C@@H](Br)CC[C@H]2CC[C@@H]34)C1. The number of Topliss-reactive ketones (excluding diaryl/α,β-unsaturated/α-hetero) is 1. The molecular weight excluding hydrogens is 416 g/mol. The van der Waals surface area contributed by atoms with Crippen molar-refractivity contribution in [3.05, 3.63) is 0 Å². The lowest BCUT2D eigenvalue weighted by Crippen LogP contribution is -2.58. The highest BCUT2D eigenvalue weighted by Gasteiger charge is 2.65. The smallest absolute Gasteiger partial charge is 0.302 e. The number of carbonyl (C=O) groups excluding carboxylic acids is 2. The van der Waals surface area contributed by atoms with Crippen molar-refractivity contribution in [2.24, 2.45) is 40.4 Å². The lowest BCUT2D eigenvalue weighted by molar-refractivity contribution is -0.165. The number of carbonyl (C=O) groups is 2. The van der Waals surface area contributed by atoms with Crippen molar-refractivity contribution in [2.75, 3.05) is 0 Å². The second-order valence-electron chi connectivity index (χ2n) is 10.9. The van der Waals surface area contributed by atoms with Crippen LogP contribution in [0.3, 0.4) is 0 Å². The number of hydrogen-bond acceptors (Lipinski definition) is 3. The number of halogens is 1. The molecule has 5 fully saturated rings. The molecule has 0 aromatic rings. The lowest BCUT2D eigenvalue weighted by Gasteiger charge is -2.61. The highest BCUT2D eigenvalue weighted by Crippen LogP contribution is 2.69. The molecule has 5 aliphatic carbocycles. The summed E-state index contributed by atoms with van der Waals surface area (Å²) >= 11 is 3.74. The van der Waals surface area contributed by atoms with Crippen LogP contribution in [-0.2, 0) is 14.3 Å². The van der Waals surface area contributed by atoms with Gasteiger partial charge in [-0.2, -0.15) is 0 Å². The summed E-state index contributed by atoms with van der Waals surface area (Å²) in [6, 6.07) is 0. The molecule has 0 aliphatic heterocycles. The first kappa shape index (κ1) is 19.6. The Morgan fingerprint density at radius 3 is 2.50 bits per heavy atom. The van der Waals surface area contributed by atoms with Crippen LogP contribution in [0.25, 0.3) is 0 Å². The zero-order valence-electron chi connectivity index (χ0n) is 17.4. The van der Waals surface area contributed by atoms with Gasteiger partial charge in [0.15, 0.2) is 5.78 Å². The van der Waals surface area contributed by atoms with Gasteiger partial charge >= 0.3 is 5.97 Å². The zero-order chi connectivity index (χ0) is 19.7. The van der Waals surface area contributed by atoms with Crippen LogP contribution in [0.4, 0.5) is 0 Å². The number of rotatable bonds is 1. The Labute approximate surface area is 177 Å². The molecule has 28 heavy (non-hydrogen) atoms. The van der Waals surface area contributed by atoms with Crippen molar-refractivity contribution in [3.8, 4) is 0 Å². The molecular formula is C24H35BrO3. The molecule has 0 saturated heterocycles. The van der Waals surface area contributed by atoms with Gasteiger partial charge in [0.2, 0.25) is 0 Å². The van der Waals surface area contributed by atoms with Crippen LogP contribution in [0.2, 0.25) is 0 Å². The van der Waals surface area contributed by atoms with Gasteiger partial charge in [0, 0.05) is 12.3 Å². The third-order valence-corrected chi connectivity index (χ3v) is 11.0. The predicted molar refractivity (Wildman–Crippen MR) is 112 cm³/mol. The molecule has 0 bridgehead atoms. The molecule has 9 atom stereocenters. The molecule has 0 radical (unpaired) electrons. The standard InChI is InChI=1S/C24H35BrO3/c1-14(26)28-17-9-11-23(2)16(13-17)3-6-18-19(23)10-12-24-15(4-7-20(18)24)5-8-21(25)22(24)27/h15-21H,3-13H2,1-2H3/t15-,16+,17-,18-,19+,20+,21+,23+,24+/m1/s1. The molecule has 0 amide bonds. The second-order valence-corrected chi connectivity index (χ2v) is 12.0. The molecule has 3 nitrogen and oxygen atoms in total. The van der Waals surface area contributed by atoms with Gasteiger partial charge in [-0.1, -0.05) is 22.9 Å². The maximum absolute atomic E-state index is 13.5. The fourth-order valence-corrected chi connectivity index (χ4v) is 9.72. The Balaban J connectivity index is 1.40. The Morgan fingerprint density at radius 1 is 0.964 bits per heavy atom. The Hall–Kier alpha value is -0.380. The van der Waals surface area contributed by atoms with Gasteiger partial charge in [0.1, 0.15) is 6.10 Å². The molecule has 1 spiro atoms. The van der Waals surface area contributed by atoms with E-state index in [1.807, 2.05) is 0 Å². The molecule has 5 rings (SSSR count). The van der Waals surface area contributed by atoms with E-state index >= 15 is 0 Å². The van der Waals surface area contributed by atoms with Gasteiger partial charge < -0.3 is 4.74 Å². The van der Waals surface area contributed by atoms with Crippen LogP contribution < -0.4 is 0 Å². The van der Waals surface area contributed by atoms with E-state index in [4.69, 9.17) is 4.74 Å². The summed E-state index contributed by atoms with van der Waals surface area (Å²) in [6.07, 6.45) is 13.2. The number of fused-ring (bicyclic) bond motifs is 4. The van der Waals surface area contributed by atoms with Crippen molar-refractivity contribution in [1.29, 1.82) is 0 Å². The first-order valence-corrected chi connectivity index (χ1v) is 12.6. The molecule has 0 aromatic heterocycles. The Kier molecular flexibility index (Phi) is 4.77. The second kappa shape index (κ2) is 6.82. The molecule has 5 aliphatic rings. The van der Waals surface area contributed by atoms with Gasteiger partial charge in [0.05, 0.1) is 4.83 Å². The van der Waals surface area contributed by atoms with E-state index in [0.29, 0.717) is 29.0 Å². The summed E-state index contributed by atoms with van der Waals surface area (Å²) in [6.45, 7) is 4.08. The first-order valence-electron chi connectivity index (χ1n) is 11.7. The van der Waals surface area contributed by atoms with Crippen molar-refractivity contribution in [3.63, 3.8) is 0 Å². The van der Waals surface area contributed by atoms with Crippen LogP contribution >= 0.6 is 15.9 Å². The average Bonchev–Trinajstić information content (AvgIpc) is 3.05. The highest BCUT2D eigenvalue weighted by atomic mass is 79.9. The van der Waals surface area contributed by atoms with E-state index in [0.717, 1.165) is 37.5 Å². The van der Waals surface area contributed by atoms with E-state index in [1.165, 1.54) is 44.9 Å². The predicted octanol–water partition coefficient (Wildman–Crippen LogP) is 5.68. The molecule has 0 aromatic carbocycles. The van der Waals surface area contributed by atoms with Gasteiger partial charge in [-0.25, -0.2) is 0 Å². The molecule has 156 valence electrons. The Bertz CT molecular complexity index is 677. The molecule has 0 N–H and O–H groups in total. The minimum absolute atomic E-state index is 0.00568. The molecule has 0 unspecified atom stereocenters. The average molecular weight is 451 g/mol. The maximum atomic E-state index is 13.5. The van der Waals surface area contributed by atoms with Crippen molar-refractivity contribution in [2.45, 2.75) is 95.4 Å². The van der Waals surface area contributed by atoms with Crippen molar-refractivity contribution < 1.29 is 14.3 Å². The normalized spacial score (nSPS) is 52.8. The van der Waals surface area contributed by atoms with Crippen LogP contribution in [0, 0.1) is 40.4 Å². The third kappa shape index (κ3) is 2.65. The van der Waals surface area contributed by atoms with E-state index in [1.54, 1.807) is 6.92 Å². The van der Waals surface area contributed by atoms with Crippen LogP contribution in [0.5, 0.6) is 0 Å². The highest BCUT2D eigenvalue weighted by molar-refractivity contribution is 9.10. The van der Waals surface area contributed by atoms with Gasteiger partial charge in [0.25, 0.3) is 0 Å². The number of ketones is 1. The fraction of sp³-hybridized carbons (Fsp3) is 0.917. The summed E-state index contributed by atoms with van der Waals surface area (Å²) in [5, 5.41) is 0. The number of ether oxygens (including phenoxy) is 1. The third-order valence-electron chi connectivity index (χ3n) is 10.1. The van der Waals surface area contributed by atoms with Gasteiger partial charge in [-0.3, -0.25) is 9.59 Å². The van der Waals surface area contributed by atoms with E-state index in [2.05, 4.69) is 22.9 Å². The maximum Gasteiger partial charge on any atom is 0.302 e.